The summed E-state index contributed by atoms with van der Waals surface area (Å²) in [5.74, 6) is 0.486. The molecule has 1 amide bonds. The first kappa shape index (κ1) is 17.1. The highest BCUT2D eigenvalue weighted by Gasteiger charge is 2.21. The summed E-state index contributed by atoms with van der Waals surface area (Å²) in [7, 11) is 1.80. The van der Waals surface area contributed by atoms with Gasteiger partial charge < -0.3 is 14.4 Å². The Hall–Kier alpha value is -1.30. The largest absolute Gasteiger partial charge is 0.479 e. The van der Waals surface area contributed by atoms with Gasteiger partial charge in [-0.3, -0.25) is 9.69 Å². The smallest absolute Gasteiger partial charge is 0.263 e. The number of morpholine rings is 1. The lowest BCUT2D eigenvalue weighted by atomic mass is 10.3. The van der Waals surface area contributed by atoms with Crippen LogP contribution in [0.15, 0.2) is 24.3 Å². The average molecular weight is 327 g/mol. The highest BCUT2D eigenvalue weighted by molar-refractivity contribution is 6.32. The zero-order valence-electron chi connectivity index (χ0n) is 13.1. The van der Waals surface area contributed by atoms with E-state index in [1.807, 2.05) is 12.1 Å². The Labute approximate surface area is 136 Å². The fourth-order valence-corrected chi connectivity index (χ4v) is 2.50. The van der Waals surface area contributed by atoms with Crippen LogP contribution in [0.3, 0.4) is 0 Å². The monoisotopic (exact) mass is 326 g/mol. The molecule has 1 aliphatic heterocycles. The Morgan fingerprint density at radius 3 is 2.77 bits per heavy atom. The van der Waals surface area contributed by atoms with Crippen LogP contribution in [0.4, 0.5) is 0 Å². The number of halogens is 1. The van der Waals surface area contributed by atoms with Crippen molar-refractivity contribution in [1.29, 1.82) is 0 Å². The lowest BCUT2D eigenvalue weighted by Crippen LogP contribution is -2.44. The van der Waals surface area contributed by atoms with Crippen LogP contribution < -0.4 is 4.74 Å². The fraction of sp³-hybridized carbons (Fsp3) is 0.562. The highest BCUT2D eigenvalue weighted by atomic mass is 35.5. The molecule has 0 saturated carbocycles. The second kappa shape index (κ2) is 8.36. The van der Waals surface area contributed by atoms with Crippen LogP contribution in [0.25, 0.3) is 0 Å². The van der Waals surface area contributed by atoms with Crippen molar-refractivity contribution < 1.29 is 14.3 Å². The van der Waals surface area contributed by atoms with Gasteiger partial charge in [0, 0.05) is 33.2 Å². The van der Waals surface area contributed by atoms with Gasteiger partial charge in [0.15, 0.2) is 6.10 Å². The van der Waals surface area contributed by atoms with E-state index in [4.69, 9.17) is 21.1 Å². The molecule has 0 aliphatic carbocycles. The van der Waals surface area contributed by atoms with Gasteiger partial charge >= 0.3 is 0 Å². The summed E-state index contributed by atoms with van der Waals surface area (Å²) in [6, 6.07) is 7.17. The minimum Gasteiger partial charge on any atom is -0.479 e. The van der Waals surface area contributed by atoms with E-state index in [1.54, 1.807) is 31.0 Å². The molecule has 0 N–H and O–H groups in total. The minimum atomic E-state index is -0.561. The van der Waals surface area contributed by atoms with Gasteiger partial charge in [-0.2, -0.15) is 0 Å². The van der Waals surface area contributed by atoms with Gasteiger partial charge in [-0.05, 0) is 19.1 Å². The molecule has 5 nitrogen and oxygen atoms in total. The molecule has 22 heavy (non-hydrogen) atoms. The number of benzene rings is 1. The third kappa shape index (κ3) is 4.87. The zero-order valence-corrected chi connectivity index (χ0v) is 13.9. The first-order valence-corrected chi connectivity index (χ1v) is 7.92. The molecule has 1 aromatic carbocycles. The predicted molar refractivity (Wildman–Crippen MR) is 86.4 cm³/mol. The van der Waals surface area contributed by atoms with Crippen molar-refractivity contribution in [3.8, 4) is 5.75 Å². The molecule has 2 rings (SSSR count). The lowest BCUT2D eigenvalue weighted by Gasteiger charge is -2.29. The number of carbonyl (C=O) groups is 1. The van der Waals surface area contributed by atoms with Gasteiger partial charge in [0.2, 0.25) is 0 Å². The summed E-state index contributed by atoms with van der Waals surface area (Å²) in [4.78, 5) is 16.3. The Bertz CT molecular complexity index is 492. The summed E-state index contributed by atoms with van der Waals surface area (Å²) in [6.07, 6.45) is -0.561. The second-order valence-corrected chi connectivity index (χ2v) is 5.81. The SMILES string of the molecule is CC(Oc1ccccc1Cl)C(=O)N(C)CCN1CCOCC1. The molecule has 0 radical (unpaired) electrons. The van der Waals surface area contributed by atoms with Gasteiger partial charge in [-0.15, -0.1) is 0 Å². The molecule has 0 spiro atoms. The van der Waals surface area contributed by atoms with E-state index < -0.39 is 6.10 Å². The zero-order chi connectivity index (χ0) is 15.9. The Morgan fingerprint density at radius 2 is 2.09 bits per heavy atom. The predicted octanol–water partition coefficient (Wildman–Crippen LogP) is 1.90. The molecule has 1 aliphatic rings. The van der Waals surface area contributed by atoms with E-state index >= 15 is 0 Å². The lowest BCUT2D eigenvalue weighted by molar-refractivity contribution is -0.136. The second-order valence-electron chi connectivity index (χ2n) is 5.40. The van der Waals surface area contributed by atoms with Crippen LogP contribution in [0, 0.1) is 0 Å². The van der Waals surface area contributed by atoms with Gasteiger partial charge in [0.05, 0.1) is 18.2 Å². The number of nitrogens with zero attached hydrogens (tertiary/aromatic N) is 2. The maximum Gasteiger partial charge on any atom is 0.263 e. The number of likely N-dealkylation sites (N-methyl/N-ethyl adjacent to an activating group) is 1. The van der Waals surface area contributed by atoms with Crippen molar-refractivity contribution in [2.24, 2.45) is 0 Å². The number of amides is 1. The average Bonchev–Trinajstić information content (AvgIpc) is 2.55. The van der Waals surface area contributed by atoms with Crippen molar-refractivity contribution in [2.75, 3.05) is 46.4 Å². The highest BCUT2D eigenvalue weighted by Crippen LogP contribution is 2.24. The third-order valence-electron chi connectivity index (χ3n) is 3.72. The Balaban J connectivity index is 1.80. The summed E-state index contributed by atoms with van der Waals surface area (Å²) in [5, 5.41) is 0.512. The molecular weight excluding hydrogens is 304 g/mol. The Kier molecular flexibility index (Phi) is 6.49. The van der Waals surface area contributed by atoms with Gasteiger partial charge in [0.1, 0.15) is 5.75 Å². The van der Waals surface area contributed by atoms with Crippen molar-refractivity contribution in [3.05, 3.63) is 29.3 Å². The first-order chi connectivity index (χ1) is 10.6. The standard InChI is InChI=1S/C16H23ClN2O3/c1-13(22-15-6-4-3-5-14(15)17)16(20)18(2)7-8-19-9-11-21-12-10-19/h3-6,13H,7-12H2,1-2H3. The number of carbonyl (C=O) groups excluding carboxylic acids is 1. The quantitative estimate of drug-likeness (QED) is 0.800. The number of hydrogen-bond donors (Lipinski definition) is 0. The molecule has 6 heteroatoms. The minimum absolute atomic E-state index is 0.0480. The van der Waals surface area contributed by atoms with Gasteiger partial charge in [0.25, 0.3) is 5.91 Å². The maximum absolute atomic E-state index is 12.3. The summed E-state index contributed by atoms with van der Waals surface area (Å²) < 4.78 is 11.0. The molecule has 1 aromatic rings. The van der Waals surface area contributed by atoms with Crippen LogP contribution in [0.2, 0.25) is 5.02 Å². The number of rotatable bonds is 6. The van der Waals surface area contributed by atoms with E-state index in [2.05, 4.69) is 4.90 Å². The molecule has 1 atom stereocenters. The van der Waals surface area contributed by atoms with Gasteiger partial charge in [-0.25, -0.2) is 0 Å². The fourth-order valence-electron chi connectivity index (χ4n) is 2.32. The van der Waals surface area contributed by atoms with E-state index in [-0.39, 0.29) is 5.91 Å². The first-order valence-electron chi connectivity index (χ1n) is 7.54. The molecule has 1 unspecified atom stereocenters. The van der Waals surface area contributed by atoms with Crippen molar-refractivity contribution in [1.82, 2.24) is 9.80 Å². The van der Waals surface area contributed by atoms with Crippen molar-refractivity contribution in [2.45, 2.75) is 13.0 Å². The summed E-state index contributed by atoms with van der Waals surface area (Å²) in [6.45, 7) is 6.66. The molecular formula is C16H23ClN2O3. The van der Waals surface area contributed by atoms with E-state index in [1.165, 1.54) is 0 Å². The van der Waals surface area contributed by atoms with Crippen LogP contribution >= 0.6 is 11.6 Å². The van der Waals surface area contributed by atoms with Crippen LogP contribution in [0.5, 0.6) is 5.75 Å². The normalized spacial score (nSPS) is 17.0. The van der Waals surface area contributed by atoms with E-state index in [0.717, 1.165) is 32.8 Å². The molecule has 1 fully saturated rings. The molecule has 1 saturated heterocycles. The third-order valence-corrected chi connectivity index (χ3v) is 4.03. The number of hydrogen-bond acceptors (Lipinski definition) is 4. The molecule has 0 bridgehead atoms. The summed E-state index contributed by atoms with van der Waals surface area (Å²) >= 11 is 6.05. The molecule has 0 aromatic heterocycles. The topological polar surface area (TPSA) is 42.0 Å². The van der Waals surface area contributed by atoms with E-state index in [0.29, 0.717) is 17.3 Å². The maximum atomic E-state index is 12.3. The van der Waals surface area contributed by atoms with E-state index in [9.17, 15) is 4.79 Å². The number of para-hydroxylation sites is 1. The van der Waals surface area contributed by atoms with Crippen molar-refractivity contribution in [3.63, 3.8) is 0 Å². The van der Waals surface area contributed by atoms with Crippen LogP contribution in [-0.4, -0.2) is 68.3 Å². The summed E-state index contributed by atoms with van der Waals surface area (Å²) in [5.41, 5.74) is 0. The van der Waals surface area contributed by atoms with Crippen LogP contribution in [-0.2, 0) is 9.53 Å². The van der Waals surface area contributed by atoms with Gasteiger partial charge in [-0.1, -0.05) is 23.7 Å². The van der Waals surface area contributed by atoms with Crippen molar-refractivity contribution >= 4 is 17.5 Å². The molecule has 122 valence electrons. The molecule has 1 heterocycles. The van der Waals surface area contributed by atoms with Crippen LogP contribution in [0.1, 0.15) is 6.92 Å². The Morgan fingerprint density at radius 1 is 1.41 bits per heavy atom. The number of ether oxygens (including phenoxy) is 2.